The Balaban J connectivity index is -0.000000101. The molecule has 0 fully saturated rings. The smallest absolute Gasteiger partial charge is 0.419 e. The van der Waals surface area contributed by atoms with Gasteiger partial charge in [-0.15, -0.1) is 0 Å². The van der Waals surface area contributed by atoms with Crippen LogP contribution in [-0.4, -0.2) is 108 Å². The maximum atomic E-state index is 10.1. The minimum absolute atomic E-state index is 0. The highest BCUT2D eigenvalue weighted by atomic mass is 28.4. The van der Waals surface area contributed by atoms with Crippen LogP contribution in [-0.2, 0) is 31.0 Å². The summed E-state index contributed by atoms with van der Waals surface area (Å²) < 4.78 is 56.8. The fourth-order valence-electron chi connectivity index (χ4n) is 4.97. The zero-order valence-electron chi connectivity index (χ0n) is 71.4. The molecule has 0 saturated heterocycles. The maximum Gasteiger partial charge on any atom is 0.501 e. The third-order valence-electron chi connectivity index (χ3n) is 11.1. The van der Waals surface area contributed by atoms with Crippen molar-refractivity contribution in [3.05, 3.63) is 0 Å². The lowest BCUT2D eigenvalue weighted by Crippen LogP contribution is -2.55. The zero-order valence-corrected chi connectivity index (χ0v) is 75.4. The number of hydrogen-bond donors (Lipinski definition) is 3. The molecule has 0 aliphatic rings. The lowest BCUT2D eigenvalue weighted by atomic mass is 10.2. The van der Waals surface area contributed by atoms with Crippen LogP contribution in [0.1, 0.15) is 340 Å². The van der Waals surface area contributed by atoms with Crippen LogP contribution in [0, 0.1) is 17.8 Å². The lowest BCUT2D eigenvalue weighted by molar-refractivity contribution is 0.00640. The van der Waals surface area contributed by atoms with Crippen molar-refractivity contribution in [2.24, 2.45) is 17.8 Å². The topological polar surface area (TPSA) is 125 Å². The summed E-state index contributed by atoms with van der Waals surface area (Å²) in [5.41, 5.74) is -1.42. The molecule has 0 spiro atoms. The highest BCUT2D eigenvalue weighted by Crippen LogP contribution is 2.43. The Hall–Kier alpha value is 0.901. The van der Waals surface area contributed by atoms with Crippen LogP contribution in [0.15, 0.2) is 0 Å². The van der Waals surface area contributed by atoms with Crippen molar-refractivity contribution in [3.63, 3.8) is 0 Å². The van der Waals surface area contributed by atoms with Crippen LogP contribution in [0.25, 0.3) is 0 Å². The predicted octanol–water partition coefficient (Wildman–Crippen LogP) is 24.0. The standard InChI is InChI=1S/C13H30O2Si.2C10H24OSi.C9H22O2Si.C8H20O3Si.C8H20OSi.3C4H10.CH4/c1-11(2,3)14-16(10,13(7,8)9)15-12(4,5)6;2*1-9(2,3)11-12(7,8)10(4,5)6;1-8(2,3)11-12(7,10)9(4,5)6;1-7(2,3)11-12(9,10)8(4,5)6;1-7(2,3)9-10-8(4,5)6;3*1-4(2)3;/h1-10H3;2*1-8H3;10H,1-7H3;9-10H,1-6H3;10H2,1-6H3;3*4H,1-3H3;1H4/i;;;;;10D2;;;;. The average Bonchev–Trinajstić information content (AvgIpc) is 3.02. The summed E-state index contributed by atoms with van der Waals surface area (Å²) in [5, 5.41) is -0.338. The predicted molar refractivity (Wildman–Crippen MR) is 412 cm³/mol. The Morgan fingerprint density at radius 3 is 0.552 bits per heavy atom. The van der Waals surface area contributed by atoms with Gasteiger partial charge >= 0.3 is 25.9 Å². The first-order valence-electron chi connectivity index (χ1n) is 33.7. The van der Waals surface area contributed by atoms with Crippen molar-refractivity contribution in [1.29, 1.82) is 2.47 Å². The Morgan fingerprint density at radius 1 is 0.287 bits per heavy atom. The second-order valence-corrected chi connectivity index (χ2v) is 61.6. The van der Waals surface area contributed by atoms with Crippen LogP contribution in [0.3, 0.4) is 0 Å². The van der Waals surface area contributed by atoms with Crippen LogP contribution in [0.4, 0.5) is 0 Å². The Morgan fingerprint density at radius 2 is 0.483 bits per heavy atom. The van der Waals surface area contributed by atoms with Gasteiger partial charge in [0.2, 0.25) is 0 Å². The molecule has 87 heavy (non-hydrogen) atoms. The molecule has 16 heteroatoms. The fourth-order valence-corrected chi connectivity index (χ4v) is 14.9. The number of rotatable bonds is 7. The second kappa shape index (κ2) is 40.5. The summed E-state index contributed by atoms with van der Waals surface area (Å²) in [7, 11) is -14.4. The maximum absolute atomic E-state index is 10.1. The minimum Gasteiger partial charge on any atom is -0.419 e. The van der Waals surface area contributed by atoms with E-state index in [0.29, 0.717) is 10.1 Å². The van der Waals surface area contributed by atoms with E-state index in [1.165, 1.54) is 0 Å². The molecule has 0 aromatic carbocycles. The molecular weight excluding hydrogens is 1180 g/mol. The average molecular weight is 1360 g/mol. The van der Waals surface area contributed by atoms with Crippen LogP contribution >= 0.6 is 0 Å². The monoisotopic (exact) mass is 1360 g/mol. The van der Waals surface area contributed by atoms with Gasteiger partial charge in [-0.1, -0.05) is 194 Å². The van der Waals surface area contributed by atoms with Crippen LogP contribution in [0.2, 0.25) is 69.5 Å². The highest BCUT2D eigenvalue weighted by Gasteiger charge is 2.51. The Labute approximate surface area is 563 Å². The third-order valence-corrected chi connectivity index (χ3v) is 33.3. The van der Waals surface area contributed by atoms with Crippen LogP contribution in [0.5, 0.6) is 0 Å². The molecule has 1 atom stereocenters. The molecule has 0 saturated carbocycles. The zero-order chi connectivity index (χ0) is 75.2. The summed E-state index contributed by atoms with van der Waals surface area (Å²) in [4.78, 5) is 29.4. The molecule has 0 aliphatic heterocycles. The Bertz CT molecular complexity index is 1500. The van der Waals surface area contributed by atoms with Crippen molar-refractivity contribution in [2.75, 3.05) is 0 Å². The SMILES string of the molecule is C.CC(C)(C)O[Si](C)(C)C(C)(C)C.CC(C)(C)O[Si](C)(C)C(C)(C)C.CC(C)(C)O[Si](C)(O)C(C)(C)C.CC(C)(C)O[Si](C)(OC(C)(C)C)C(C)(C)C.CC(C)(C)O[Si](O)(O)C(C)(C)C.CC(C)C.CC(C)C.CC(C)C.[2H][Si]([2H])(OC(C)(C)C)C(C)(C)C. The van der Waals surface area contributed by atoms with Gasteiger partial charge in [-0.3, -0.25) is 0 Å². The molecule has 0 aliphatic carbocycles. The van der Waals surface area contributed by atoms with Crippen molar-refractivity contribution >= 4 is 52.2 Å². The van der Waals surface area contributed by atoms with E-state index in [0.717, 1.165) is 17.8 Å². The molecule has 10 nitrogen and oxygen atoms in total. The van der Waals surface area contributed by atoms with Gasteiger partial charge < -0.3 is 45.4 Å². The Kier molecular flexibility index (Phi) is 48.3. The summed E-state index contributed by atoms with van der Waals surface area (Å²) in [6.45, 7) is 112. The minimum atomic E-state index is -3.54. The normalized spacial score (nSPS) is 15.0. The van der Waals surface area contributed by atoms with Gasteiger partial charge in [0.05, 0.1) is 22.4 Å². The first-order valence-corrected chi connectivity index (χ1v) is 45.9. The lowest BCUT2D eigenvalue weighted by Gasteiger charge is -2.46. The van der Waals surface area contributed by atoms with Gasteiger partial charge in [-0.2, -0.15) is 0 Å². The van der Waals surface area contributed by atoms with E-state index in [9.17, 15) is 14.4 Å². The molecule has 0 radical (unpaired) electrons. The molecule has 542 valence electrons. The highest BCUT2D eigenvalue weighted by molar-refractivity contribution is 6.74. The van der Waals surface area contributed by atoms with E-state index in [2.05, 4.69) is 240 Å². The first-order chi connectivity index (χ1) is 36.6. The summed E-state index contributed by atoms with van der Waals surface area (Å²) in [5.74, 6) is 2.50. The second-order valence-electron chi connectivity index (χ2n) is 39.9. The molecule has 0 heterocycles. The van der Waals surface area contributed by atoms with Crippen molar-refractivity contribution < 1.29 is 45.4 Å². The van der Waals surface area contributed by atoms with Crippen molar-refractivity contribution in [1.82, 2.24) is 0 Å². The molecule has 0 rings (SSSR count). The molecule has 0 aromatic rings. The van der Waals surface area contributed by atoms with E-state index < -0.39 is 62.8 Å². The summed E-state index contributed by atoms with van der Waals surface area (Å²) in [6.07, 6.45) is 0. The van der Waals surface area contributed by atoms with E-state index in [1.54, 1.807) is 20.8 Å². The van der Waals surface area contributed by atoms with E-state index in [4.69, 9.17) is 33.5 Å². The van der Waals surface area contributed by atoms with Gasteiger partial charge in [0, 0.05) is 34.4 Å². The molecule has 0 aromatic heterocycles. The fraction of sp³-hybridized carbons (Fsp3) is 1.00. The van der Waals surface area contributed by atoms with Gasteiger partial charge in [-0.25, -0.2) is 0 Å². The molecule has 0 amide bonds. The van der Waals surface area contributed by atoms with Crippen molar-refractivity contribution in [3.8, 4) is 0 Å². The van der Waals surface area contributed by atoms with E-state index >= 15 is 0 Å². The van der Waals surface area contributed by atoms with Crippen molar-refractivity contribution in [2.45, 2.75) is 448 Å². The largest absolute Gasteiger partial charge is 0.501 e. The molecule has 0 bridgehead atoms. The van der Waals surface area contributed by atoms with Gasteiger partial charge in [0.25, 0.3) is 0 Å². The van der Waals surface area contributed by atoms with Gasteiger partial charge in [-0.05, 0) is 218 Å². The van der Waals surface area contributed by atoms with E-state index in [1.807, 2.05) is 110 Å². The first kappa shape index (κ1) is 104. The number of hydrogen-bond acceptors (Lipinski definition) is 10. The molecular formula is C71H174O10Si6. The van der Waals surface area contributed by atoms with Crippen LogP contribution < -0.4 is 0 Å². The molecule has 3 N–H and O–H groups in total. The third kappa shape index (κ3) is 79.3. The molecule has 1 unspecified atom stereocenters. The summed E-state index contributed by atoms with van der Waals surface area (Å²) in [6, 6.07) is 0. The van der Waals surface area contributed by atoms with Gasteiger partial charge in [0.15, 0.2) is 26.3 Å². The van der Waals surface area contributed by atoms with E-state index in [-0.39, 0.29) is 56.1 Å². The summed E-state index contributed by atoms with van der Waals surface area (Å²) >= 11 is 0. The van der Waals surface area contributed by atoms with Gasteiger partial charge in [0.1, 0.15) is 0 Å². The quantitative estimate of drug-likeness (QED) is 0.212.